The first-order valence-electron chi connectivity index (χ1n) is 1.90. The van der Waals surface area contributed by atoms with Crippen molar-refractivity contribution in [2.75, 3.05) is 6.61 Å². The van der Waals surface area contributed by atoms with Gasteiger partial charge in [0.25, 0.3) is 0 Å². The smallest absolute Gasteiger partial charge is 0.302 e. The van der Waals surface area contributed by atoms with Crippen LogP contribution >= 0.6 is 0 Å². The molecule has 0 radical (unpaired) electrons. The number of rotatable bonds is 1. The van der Waals surface area contributed by atoms with Crippen LogP contribution in [0.25, 0.3) is 0 Å². The van der Waals surface area contributed by atoms with Crippen LogP contribution in [0.1, 0.15) is 13.8 Å². The number of esters is 1. The van der Waals surface area contributed by atoms with E-state index in [1.807, 2.05) is 0 Å². The zero-order valence-electron chi connectivity index (χ0n) is 4.73. The summed E-state index contributed by atoms with van der Waals surface area (Å²) in [5, 5.41) is 0. The number of ether oxygens (including phenoxy) is 1. The molecule has 0 unspecified atom stereocenters. The molecule has 38 valence electrons. The molecule has 0 spiro atoms. The van der Waals surface area contributed by atoms with Gasteiger partial charge in [0.15, 0.2) is 0 Å². The SMILES string of the molecule is CCOC(C)=O.[Hg]. The molecule has 0 aliphatic carbocycles. The summed E-state index contributed by atoms with van der Waals surface area (Å²) >= 11 is 0. The Morgan fingerprint density at radius 1 is 1.71 bits per heavy atom. The largest absolute Gasteiger partial charge is 0.466 e. The molecule has 0 fully saturated rings. The van der Waals surface area contributed by atoms with Crippen molar-refractivity contribution < 1.29 is 37.2 Å². The maximum Gasteiger partial charge on any atom is 0.302 e. The van der Waals surface area contributed by atoms with Gasteiger partial charge in [0.1, 0.15) is 0 Å². The van der Waals surface area contributed by atoms with Crippen LogP contribution in [0.3, 0.4) is 0 Å². The van der Waals surface area contributed by atoms with E-state index in [9.17, 15) is 4.79 Å². The van der Waals surface area contributed by atoms with Crippen LogP contribution in [0.15, 0.2) is 0 Å². The molecule has 0 aliphatic rings. The molecule has 0 N–H and O–H groups in total. The average molecular weight is 289 g/mol. The zero-order chi connectivity index (χ0) is 4.99. The molecule has 0 saturated carbocycles. The van der Waals surface area contributed by atoms with E-state index >= 15 is 0 Å². The van der Waals surface area contributed by atoms with Gasteiger partial charge in [-0.3, -0.25) is 4.79 Å². The molecule has 2 nitrogen and oxygen atoms in total. The van der Waals surface area contributed by atoms with Crippen molar-refractivity contribution in [3.8, 4) is 0 Å². The van der Waals surface area contributed by atoms with Crippen molar-refractivity contribution in [3.05, 3.63) is 0 Å². The fourth-order valence-electron chi connectivity index (χ4n) is 0.203. The molecule has 0 aromatic heterocycles. The third-order valence-corrected chi connectivity index (χ3v) is 0.348. The molecule has 0 bridgehead atoms. The second kappa shape index (κ2) is 6.41. The first-order valence-corrected chi connectivity index (χ1v) is 1.90. The molecule has 0 saturated heterocycles. The minimum atomic E-state index is -0.211. The second-order valence-electron chi connectivity index (χ2n) is 0.925. The normalized spacial score (nSPS) is 6.57. The predicted molar refractivity (Wildman–Crippen MR) is 22.3 cm³/mol. The van der Waals surface area contributed by atoms with Crippen LogP contribution in [-0.2, 0) is 37.2 Å². The third kappa shape index (κ3) is 10.7. The van der Waals surface area contributed by atoms with Crippen molar-refractivity contribution >= 4 is 5.97 Å². The van der Waals surface area contributed by atoms with Crippen molar-refractivity contribution in [1.29, 1.82) is 0 Å². The monoisotopic (exact) mass is 290 g/mol. The van der Waals surface area contributed by atoms with Crippen LogP contribution in [0.4, 0.5) is 0 Å². The van der Waals surface area contributed by atoms with E-state index in [0.717, 1.165) is 0 Å². The van der Waals surface area contributed by atoms with E-state index in [4.69, 9.17) is 0 Å². The molecule has 3 heteroatoms. The van der Waals surface area contributed by atoms with Crippen LogP contribution in [0.5, 0.6) is 0 Å². The summed E-state index contributed by atoms with van der Waals surface area (Å²) in [5.74, 6) is -0.211. The molecule has 0 aromatic rings. The molecule has 0 amide bonds. The van der Waals surface area contributed by atoms with Crippen molar-refractivity contribution in [2.45, 2.75) is 13.8 Å². The zero-order valence-corrected chi connectivity index (χ0v) is 10.2. The molecule has 7 heavy (non-hydrogen) atoms. The van der Waals surface area contributed by atoms with Gasteiger partial charge < -0.3 is 4.74 Å². The summed E-state index contributed by atoms with van der Waals surface area (Å²) in [6, 6.07) is 0. The number of hydrogen-bond acceptors (Lipinski definition) is 2. The van der Waals surface area contributed by atoms with Crippen LogP contribution in [0.2, 0.25) is 0 Å². The van der Waals surface area contributed by atoms with Crippen LogP contribution < -0.4 is 0 Å². The summed E-state index contributed by atoms with van der Waals surface area (Å²) in [5.41, 5.74) is 0. The van der Waals surface area contributed by atoms with E-state index in [2.05, 4.69) is 4.74 Å². The Morgan fingerprint density at radius 2 is 2.14 bits per heavy atom. The van der Waals surface area contributed by atoms with Gasteiger partial charge in [0.05, 0.1) is 6.61 Å². The molecule has 0 aliphatic heterocycles. The summed E-state index contributed by atoms with van der Waals surface area (Å²) in [7, 11) is 0. The van der Waals surface area contributed by atoms with Gasteiger partial charge in [-0.2, -0.15) is 0 Å². The minimum Gasteiger partial charge on any atom is -0.466 e. The quantitative estimate of drug-likeness (QED) is 0.521. The fourth-order valence-corrected chi connectivity index (χ4v) is 0.203. The van der Waals surface area contributed by atoms with E-state index in [1.165, 1.54) is 6.92 Å². The van der Waals surface area contributed by atoms with Crippen molar-refractivity contribution in [3.63, 3.8) is 0 Å². The van der Waals surface area contributed by atoms with Gasteiger partial charge in [-0.25, -0.2) is 0 Å². The third-order valence-electron chi connectivity index (χ3n) is 0.348. The Morgan fingerprint density at radius 3 is 2.14 bits per heavy atom. The Balaban J connectivity index is 0. The standard InChI is InChI=1S/C4H8O2.Hg/c1-3-6-4(2)5;/h3H2,1-2H3;. The maximum absolute atomic E-state index is 9.82. The van der Waals surface area contributed by atoms with E-state index in [0.29, 0.717) is 6.61 Å². The second-order valence-corrected chi connectivity index (χ2v) is 0.925. The fraction of sp³-hybridized carbons (Fsp3) is 0.750. The summed E-state index contributed by atoms with van der Waals surface area (Å²) in [4.78, 5) is 9.82. The molecule has 0 aromatic carbocycles. The van der Waals surface area contributed by atoms with Gasteiger partial charge in [-0.15, -0.1) is 0 Å². The topological polar surface area (TPSA) is 26.3 Å². The average Bonchev–Trinajstić information content (AvgIpc) is 1.35. The summed E-state index contributed by atoms with van der Waals surface area (Å²) < 4.78 is 4.40. The summed E-state index contributed by atoms with van der Waals surface area (Å²) in [6.07, 6.45) is 0. The first kappa shape index (κ1) is 10.4. The molecule has 0 rings (SSSR count). The number of carbonyl (C=O) groups excluding carboxylic acids is 1. The van der Waals surface area contributed by atoms with Gasteiger partial charge in [0, 0.05) is 34.6 Å². The molecule has 0 heterocycles. The van der Waals surface area contributed by atoms with Gasteiger partial charge >= 0.3 is 5.97 Å². The molecule has 0 atom stereocenters. The van der Waals surface area contributed by atoms with Gasteiger partial charge in [0.2, 0.25) is 0 Å². The number of carbonyl (C=O) groups is 1. The first-order chi connectivity index (χ1) is 2.77. The van der Waals surface area contributed by atoms with Gasteiger partial charge in [-0.1, -0.05) is 0 Å². The maximum atomic E-state index is 9.82. The minimum absolute atomic E-state index is 0. The molecular weight excluding hydrogens is 281 g/mol. The van der Waals surface area contributed by atoms with Crippen molar-refractivity contribution in [1.82, 2.24) is 0 Å². The van der Waals surface area contributed by atoms with E-state index in [1.54, 1.807) is 6.92 Å². The Labute approximate surface area is 63.7 Å². The Kier molecular flexibility index (Phi) is 9.51. The Hall–Kier alpha value is 0.405. The van der Waals surface area contributed by atoms with Gasteiger partial charge in [-0.05, 0) is 6.92 Å². The molecular formula is C4H8HgO2. The predicted octanol–water partition coefficient (Wildman–Crippen LogP) is 0.567. The van der Waals surface area contributed by atoms with Crippen molar-refractivity contribution in [2.24, 2.45) is 0 Å². The van der Waals surface area contributed by atoms with E-state index < -0.39 is 0 Å². The van der Waals surface area contributed by atoms with Crippen LogP contribution in [0, 0.1) is 0 Å². The summed E-state index contributed by atoms with van der Waals surface area (Å²) in [6.45, 7) is 3.65. The Bertz CT molecular complexity index is 53.7. The van der Waals surface area contributed by atoms with E-state index in [-0.39, 0.29) is 33.6 Å². The van der Waals surface area contributed by atoms with Crippen LogP contribution in [-0.4, -0.2) is 12.6 Å². The number of hydrogen-bond donors (Lipinski definition) is 0.